The number of likely N-dealkylation sites (N-methyl/N-ethyl adjacent to an activating group) is 1. The Morgan fingerprint density at radius 1 is 1.20 bits per heavy atom. The molecule has 2 aromatic carbocycles. The summed E-state index contributed by atoms with van der Waals surface area (Å²) < 4.78 is 42.4. The van der Waals surface area contributed by atoms with Crippen LogP contribution in [-0.2, 0) is 17.9 Å². The smallest absolute Gasteiger partial charge is 0.406 e. The molecule has 0 aliphatic heterocycles. The van der Waals surface area contributed by atoms with Gasteiger partial charge in [0.25, 0.3) is 0 Å². The van der Waals surface area contributed by atoms with Crippen LogP contribution in [0.2, 0.25) is 5.02 Å². The third-order valence-electron chi connectivity index (χ3n) is 4.16. The largest absolute Gasteiger partial charge is 0.573 e. The number of nitrogens with one attached hydrogen (secondary N) is 1. The Labute approximate surface area is 179 Å². The Balaban J connectivity index is 1.69. The zero-order chi connectivity index (χ0) is 21.9. The monoisotopic (exact) mass is 456 g/mol. The first-order valence-electron chi connectivity index (χ1n) is 8.62. The van der Waals surface area contributed by atoms with Crippen molar-refractivity contribution < 1.29 is 22.7 Å². The molecule has 0 aliphatic rings. The van der Waals surface area contributed by atoms with Crippen LogP contribution in [0, 0.1) is 4.77 Å². The number of nitrogens with zero attached hydrogens (tertiary/aromatic N) is 3. The molecule has 1 aromatic heterocycles. The summed E-state index contributed by atoms with van der Waals surface area (Å²) in [5.74, 6) is -0.0806. The molecule has 1 heterocycles. The van der Waals surface area contributed by atoms with E-state index >= 15 is 0 Å². The Hall–Kier alpha value is -2.85. The third-order valence-corrected chi connectivity index (χ3v) is 4.72. The van der Waals surface area contributed by atoms with Crippen molar-refractivity contribution in [2.75, 3.05) is 7.05 Å². The van der Waals surface area contributed by atoms with Gasteiger partial charge in [0.15, 0.2) is 10.6 Å². The molecule has 0 fully saturated rings. The van der Waals surface area contributed by atoms with Gasteiger partial charge in [-0.15, -0.1) is 13.2 Å². The molecule has 0 unspecified atom stereocenters. The second kappa shape index (κ2) is 8.88. The fourth-order valence-corrected chi connectivity index (χ4v) is 3.02. The maximum atomic E-state index is 12.7. The van der Waals surface area contributed by atoms with Crippen molar-refractivity contribution in [3.63, 3.8) is 0 Å². The van der Waals surface area contributed by atoms with E-state index in [9.17, 15) is 18.0 Å². The zero-order valence-electron chi connectivity index (χ0n) is 15.6. The van der Waals surface area contributed by atoms with E-state index in [1.165, 1.54) is 29.2 Å². The Kier molecular flexibility index (Phi) is 6.47. The fraction of sp³-hybridized carbons (Fsp3) is 0.211. The summed E-state index contributed by atoms with van der Waals surface area (Å²) in [6, 6.07) is 12.3. The number of amides is 1. The quantitative estimate of drug-likeness (QED) is 0.540. The van der Waals surface area contributed by atoms with E-state index in [0.29, 0.717) is 16.4 Å². The van der Waals surface area contributed by atoms with Gasteiger partial charge in [-0.25, -0.2) is 0 Å². The minimum atomic E-state index is -4.75. The molecule has 0 saturated heterocycles. The van der Waals surface area contributed by atoms with Gasteiger partial charge in [-0.05, 0) is 54.2 Å². The number of hydrogen-bond donors (Lipinski definition) is 1. The summed E-state index contributed by atoms with van der Waals surface area (Å²) >= 11 is 11.1. The van der Waals surface area contributed by atoms with Gasteiger partial charge >= 0.3 is 6.36 Å². The Morgan fingerprint density at radius 3 is 2.43 bits per heavy atom. The van der Waals surface area contributed by atoms with Crippen LogP contribution in [0.3, 0.4) is 0 Å². The lowest BCUT2D eigenvalue weighted by Crippen LogP contribution is -2.30. The summed E-state index contributed by atoms with van der Waals surface area (Å²) in [6.07, 6.45) is -4.75. The highest BCUT2D eigenvalue weighted by Crippen LogP contribution is 2.23. The van der Waals surface area contributed by atoms with Gasteiger partial charge in [0.1, 0.15) is 12.3 Å². The molecule has 3 aromatic rings. The molecular weight excluding hydrogens is 441 g/mol. The normalized spacial score (nSPS) is 11.4. The van der Waals surface area contributed by atoms with Crippen LogP contribution in [0.25, 0.3) is 11.4 Å². The number of halogens is 4. The molecule has 0 atom stereocenters. The molecule has 3 rings (SSSR count). The maximum absolute atomic E-state index is 12.7. The molecule has 0 saturated carbocycles. The standard InChI is InChI=1S/C19H16ClF3N4O2S/c1-26(10-12-2-8-15(9-3-12)29-19(21,22)23)16(28)11-27-17(24-25-18(27)30)13-4-6-14(20)7-5-13/h2-9H,10-11H2,1H3,(H,25,30). The summed E-state index contributed by atoms with van der Waals surface area (Å²) in [4.78, 5) is 14.1. The van der Waals surface area contributed by atoms with E-state index < -0.39 is 6.36 Å². The van der Waals surface area contributed by atoms with E-state index in [1.54, 1.807) is 35.9 Å². The SMILES string of the molecule is CN(Cc1ccc(OC(F)(F)F)cc1)C(=O)Cn1c(-c2ccc(Cl)cc2)n[nH]c1=S. The van der Waals surface area contributed by atoms with Crippen LogP contribution in [0.1, 0.15) is 5.56 Å². The number of ether oxygens (including phenoxy) is 1. The van der Waals surface area contributed by atoms with Gasteiger partial charge in [0.05, 0.1) is 0 Å². The van der Waals surface area contributed by atoms with Gasteiger partial charge < -0.3 is 9.64 Å². The number of carbonyl (C=O) groups excluding carboxylic acids is 1. The first-order valence-corrected chi connectivity index (χ1v) is 9.41. The van der Waals surface area contributed by atoms with Crippen LogP contribution >= 0.6 is 23.8 Å². The third kappa shape index (κ3) is 5.61. The van der Waals surface area contributed by atoms with Crippen molar-refractivity contribution in [3.8, 4) is 17.1 Å². The van der Waals surface area contributed by atoms with Gasteiger partial charge in [-0.2, -0.15) is 5.10 Å². The number of hydrogen-bond acceptors (Lipinski definition) is 4. The molecule has 6 nitrogen and oxygen atoms in total. The number of carbonyl (C=O) groups is 1. The lowest BCUT2D eigenvalue weighted by Gasteiger charge is -2.18. The minimum absolute atomic E-state index is 0.0565. The molecule has 30 heavy (non-hydrogen) atoms. The number of H-pyrrole nitrogens is 1. The molecule has 11 heteroatoms. The van der Waals surface area contributed by atoms with Crippen LogP contribution in [0.15, 0.2) is 48.5 Å². The molecule has 0 bridgehead atoms. The lowest BCUT2D eigenvalue weighted by atomic mass is 10.2. The van der Waals surface area contributed by atoms with Crippen molar-refractivity contribution in [1.29, 1.82) is 0 Å². The Bertz CT molecular complexity index is 1080. The predicted octanol–water partition coefficient (Wildman–Crippen LogP) is 4.82. The number of benzene rings is 2. The fourth-order valence-electron chi connectivity index (χ4n) is 2.70. The average molecular weight is 457 g/mol. The van der Waals surface area contributed by atoms with Crippen molar-refractivity contribution in [3.05, 3.63) is 63.9 Å². The summed E-state index contributed by atoms with van der Waals surface area (Å²) in [5, 5.41) is 7.42. The number of alkyl halides is 3. The highest BCUT2D eigenvalue weighted by Gasteiger charge is 2.31. The number of rotatable bonds is 6. The van der Waals surface area contributed by atoms with Gasteiger partial charge in [0.2, 0.25) is 5.91 Å². The van der Waals surface area contributed by atoms with Crippen LogP contribution in [-0.4, -0.2) is 39.0 Å². The average Bonchev–Trinajstić information content (AvgIpc) is 3.03. The molecule has 0 spiro atoms. The highest BCUT2D eigenvalue weighted by molar-refractivity contribution is 7.71. The summed E-state index contributed by atoms with van der Waals surface area (Å²) in [7, 11) is 1.59. The van der Waals surface area contributed by atoms with Gasteiger partial charge in [-0.1, -0.05) is 23.7 Å². The molecule has 0 aliphatic carbocycles. The maximum Gasteiger partial charge on any atom is 0.573 e. The minimum Gasteiger partial charge on any atom is -0.406 e. The first-order chi connectivity index (χ1) is 14.1. The Morgan fingerprint density at radius 2 is 1.83 bits per heavy atom. The summed E-state index contributed by atoms with van der Waals surface area (Å²) in [6.45, 7) is 0.144. The highest BCUT2D eigenvalue weighted by atomic mass is 35.5. The van der Waals surface area contributed by atoms with Crippen molar-refractivity contribution in [2.24, 2.45) is 0 Å². The zero-order valence-corrected chi connectivity index (χ0v) is 17.2. The van der Waals surface area contributed by atoms with E-state index in [0.717, 1.165) is 5.56 Å². The molecule has 1 amide bonds. The van der Waals surface area contributed by atoms with Crippen molar-refractivity contribution in [1.82, 2.24) is 19.7 Å². The van der Waals surface area contributed by atoms with Gasteiger partial charge in [-0.3, -0.25) is 14.5 Å². The second-order valence-electron chi connectivity index (χ2n) is 6.39. The molecule has 0 radical (unpaired) electrons. The number of aromatic amines is 1. The lowest BCUT2D eigenvalue weighted by molar-refractivity contribution is -0.274. The topological polar surface area (TPSA) is 63.1 Å². The molecule has 1 N–H and O–H groups in total. The van der Waals surface area contributed by atoms with E-state index in [-0.39, 0.29) is 29.5 Å². The van der Waals surface area contributed by atoms with Crippen LogP contribution in [0.5, 0.6) is 5.75 Å². The predicted molar refractivity (Wildman–Crippen MR) is 107 cm³/mol. The van der Waals surface area contributed by atoms with E-state index in [2.05, 4.69) is 14.9 Å². The summed E-state index contributed by atoms with van der Waals surface area (Å²) in [5.41, 5.74) is 1.39. The molecule has 158 valence electrons. The number of aromatic nitrogens is 3. The van der Waals surface area contributed by atoms with Crippen LogP contribution < -0.4 is 4.74 Å². The first kappa shape index (κ1) is 21.8. The van der Waals surface area contributed by atoms with Crippen molar-refractivity contribution in [2.45, 2.75) is 19.5 Å². The van der Waals surface area contributed by atoms with Gasteiger partial charge in [0, 0.05) is 24.2 Å². The van der Waals surface area contributed by atoms with E-state index in [4.69, 9.17) is 23.8 Å². The second-order valence-corrected chi connectivity index (χ2v) is 7.21. The molecular formula is C19H16ClF3N4O2S. The van der Waals surface area contributed by atoms with Crippen molar-refractivity contribution >= 4 is 29.7 Å². The van der Waals surface area contributed by atoms with E-state index in [1.807, 2.05) is 0 Å². The van der Waals surface area contributed by atoms with Crippen LogP contribution in [0.4, 0.5) is 13.2 Å².